The van der Waals surface area contributed by atoms with Gasteiger partial charge in [0.1, 0.15) is 17.7 Å². The lowest BCUT2D eigenvalue weighted by Crippen LogP contribution is -2.20. The van der Waals surface area contributed by atoms with Gasteiger partial charge in [-0.2, -0.15) is 39.0 Å². The molecule has 1 unspecified atom stereocenters. The third kappa shape index (κ3) is 4.06. The van der Waals surface area contributed by atoms with Gasteiger partial charge in [-0.05, 0) is 12.1 Å². The monoisotopic (exact) mass is 452 g/mol. The Hall–Kier alpha value is -4.82. The van der Waals surface area contributed by atoms with Crippen molar-refractivity contribution in [1.82, 2.24) is 34.7 Å². The molecule has 0 saturated heterocycles. The van der Waals surface area contributed by atoms with E-state index in [2.05, 4.69) is 30.6 Å². The van der Waals surface area contributed by atoms with E-state index in [1.807, 2.05) is 6.07 Å². The quantitative estimate of drug-likeness (QED) is 0.433. The lowest BCUT2D eigenvalue weighted by Gasteiger charge is -2.18. The molecule has 0 saturated carbocycles. The Balaban J connectivity index is 1.71. The van der Waals surface area contributed by atoms with Crippen LogP contribution in [-0.2, 0) is 6.18 Å². The van der Waals surface area contributed by atoms with E-state index in [0.29, 0.717) is 4.68 Å². The smallest absolute Gasteiger partial charge is 0.369 e. The van der Waals surface area contributed by atoms with Gasteiger partial charge in [0.2, 0.25) is 0 Å². The minimum absolute atomic E-state index is 0.0191. The summed E-state index contributed by atoms with van der Waals surface area (Å²) in [6, 6.07) is 6.14. The van der Waals surface area contributed by atoms with Gasteiger partial charge in [-0.1, -0.05) is 0 Å². The zero-order chi connectivity index (χ0) is 23.6. The molecule has 0 amide bonds. The van der Waals surface area contributed by atoms with Crippen molar-refractivity contribution in [2.75, 3.05) is 5.32 Å². The number of pyridine rings is 2. The van der Waals surface area contributed by atoms with E-state index in [1.165, 1.54) is 36.9 Å². The minimum Gasteiger partial charge on any atom is -0.369 e. The standard InChI is InChI=1S/C19H11F3N10O/c20-19(21,22)16-14(10-29-31(16)15-1-2-25-8-12(15)7-24)18(33)30-13-5-11(6-23)17(26-9-13)32-27-3-4-28-32/h1-5,8-10,18,30,33H. The highest BCUT2D eigenvalue weighted by Crippen LogP contribution is 2.37. The van der Waals surface area contributed by atoms with E-state index in [9.17, 15) is 28.8 Å². The second-order valence-electron chi connectivity index (χ2n) is 6.44. The van der Waals surface area contributed by atoms with Crippen LogP contribution in [-0.4, -0.2) is 39.8 Å². The molecule has 4 aromatic rings. The Labute approximate surface area is 183 Å². The summed E-state index contributed by atoms with van der Waals surface area (Å²) in [5.74, 6) is 0.105. The number of anilines is 1. The van der Waals surface area contributed by atoms with Gasteiger partial charge in [-0.15, -0.1) is 4.80 Å². The molecule has 2 N–H and O–H groups in total. The highest BCUT2D eigenvalue weighted by Gasteiger charge is 2.40. The SMILES string of the molecule is N#Cc1cnccc1-n1ncc(C(O)Nc2cnc(-n3nccn3)c(C#N)c2)c1C(F)(F)F. The summed E-state index contributed by atoms with van der Waals surface area (Å²) in [6.45, 7) is 0. The van der Waals surface area contributed by atoms with Crippen molar-refractivity contribution in [3.05, 3.63) is 71.7 Å². The van der Waals surface area contributed by atoms with E-state index < -0.39 is 23.7 Å². The van der Waals surface area contributed by atoms with Gasteiger partial charge >= 0.3 is 6.18 Å². The summed E-state index contributed by atoms with van der Waals surface area (Å²) in [6.07, 6.45) is 0.347. The first-order valence-corrected chi connectivity index (χ1v) is 9.04. The van der Waals surface area contributed by atoms with Crippen molar-refractivity contribution in [2.24, 2.45) is 0 Å². The maximum atomic E-state index is 13.9. The molecule has 0 bridgehead atoms. The average Bonchev–Trinajstić information content (AvgIpc) is 3.49. The Bertz CT molecular complexity index is 1380. The first-order valence-electron chi connectivity index (χ1n) is 9.04. The molecule has 164 valence electrons. The summed E-state index contributed by atoms with van der Waals surface area (Å²) in [5.41, 5.74) is -2.08. The highest BCUT2D eigenvalue weighted by molar-refractivity contribution is 5.55. The van der Waals surface area contributed by atoms with E-state index in [-0.39, 0.29) is 28.3 Å². The number of halogens is 3. The first kappa shape index (κ1) is 21.4. The van der Waals surface area contributed by atoms with E-state index in [0.717, 1.165) is 17.2 Å². The van der Waals surface area contributed by atoms with Crippen molar-refractivity contribution in [3.8, 4) is 23.6 Å². The number of aromatic nitrogens is 7. The molecule has 14 heteroatoms. The van der Waals surface area contributed by atoms with Crippen LogP contribution in [0, 0.1) is 22.7 Å². The van der Waals surface area contributed by atoms with Gasteiger partial charge in [0.15, 0.2) is 17.7 Å². The number of nitriles is 2. The van der Waals surface area contributed by atoms with Crippen molar-refractivity contribution >= 4 is 5.69 Å². The molecule has 33 heavy (non-hydrogen) atoms. The van der Waals surface area contributed by atoms with E-state index in [4.69, 9.17) is 0 Å². The Kier molecular flexibility index (Phi) is 5.43. The van der Waals surface area contributed by atoms with Crippen LogP contribution in [0.5, 0.6) is 0 Å². The second-order valence-corrected chi connectivity index (χ2v) is 6.44. The number of rotatable bonds is 5. The molecule has 4 aromatic heterocycles. The lowest BCUT2D eigenvalue weighted by molar-refractivity contribution is -0.144. The summed E-state index contributed by atoms with van der Waals surface area (Å²) in [4.78, 5) is 8.87. The van der Waals surface area contributed by atoms with Crippen molar-refractivity contribution in [1.29, 1.82) is 10.5 Å². The van der Waals surface area contributed by atoms with Crippen LogP contribution < -0.4 is 5.32 Å². The predicted octanol–water partition coefficient (Wildman–Crippen LogP) is 2.11. The topological polar surface area (TPSA) is 154 Å². The van der Waals surface area contributed by atoms with Crippen molar-refractivity contribution < 1.29 is 18.3 Å². The highest BCUT2D eigenvalue weighted by atomic mass is 19.4. The molecular formula is C19H11F3N10O. The average molecular weight is 452 g/mol. The molecule has 0 aliphatic rings. The van der Waals surface area contributed by atoms with Crippen LogP contribution >= 0.6 is 0 Å². The van der Waals surface area contributed by atoms with Crippen molar-refractivity contribution in [2.45, 2.75) is 12.4 Å². The summed E-state index contributed by atoms with van der Waals surface area (Å²) in [7, 11) is 0. The summed E-state index contributed by atoms with van der Waals surface area (Å²) < 4.78 is 42.3. The van der Waals surface area contributed by atoms with Crippen LogP contribution in [0.1, 0.15) is 28.6 Å². The van der Waals surface area contributed by atoms with Crippen molar-refractivity contribution in [3.63, 3.8) is 0 Å². The number of hydrogen-bond donors (Lipinski definition) is 2. The lowest BCUT2D eigenvalue weighted by atomic mass is 10.1. The van der Waals surface area contributed by atoms with Gasteiger partial charge in [0, 0.05) is 12.4 Å². The molecular weight excluding hydrogens is 441 g/mol. The number of nitrogens with zero attached hydrogens (tertiary/aromatic N) is 9. The number of aliphatic hydroxyl groups excluding tert-OH is 1. The van der Waals surface area contributed by atoms with Gasteiger partial charge in [-0.3, -0.25) is 4.98 Å². The molecule has 1 atom stereocenters. The van der Waals surface area contributed by atoms with Crippen LogP contribution in [0.4, 0.5) is 18.9 Å². The summed E-state index contributed by atoms with van der Waals surface area (Å²) in [5, 5.41) is 43.1. The fraction of sp³-hybridized carbons (Fsp3) is 0.105. The first-order chi connectivity index (χ1) is 15.8. The Morgan fingerprint density at radius 2 is 1.73 bits per heavy atom. The fourth-order valence-electron chi connectivity index (χ4n) is 3.02. The predicted molar refractivity (Wildman–Crippen MR) is 104 cm³/mol. The zero-order valence-corrected chi connectivity index (χ0v) is 16.3. The third-order valence-corrected chi connectivity index (χ3v) is 4.41. The minimum atomic E-state index is -4.92. The maximum Gasteiger partial charge on any atom is 0.433 e. The second kappa shape index (κ2) is 8.37. The summed E-state index contributed by atoms with van der Waals surface area (Å²) >= 11 is 0. The molecule has 0 aromatic carbocycles. The number of alkyl halides is 3. The van der Waals surface area contributed by atoms with Gasteiger partial charge in [0.25, 0.3) is 0 Å². The van der Waals surface area contributed by atoms with E-state index in [1.54, 1.807) is 6.07 Å². The molecule has 0 spiro atoms. The Morgan fingerprint density at radius 3 is 2.39 bits per heavy atom. The molecule has 0 fully saturated rings. The molecule has 4 heterocycles. The molecule has 0 radical (unpaired) electrons. The number of aliphatic hydroxyl groups is 1. The molecule has 0 aliphatic carbocycles. The largest absolute Gasteiger partial charge is 0.433 e. The fourth-order valence-corrected chi connectivity index (χ4v) is 3.02. The van der Waals surface area contributed by atoms with E-state index >= 15 is 0 Å². The molecule has 0 aliphatic heterocycles. The maximum absolute atomic E-state index is 13.9. The number of nitrogens with one attached hydrogen (secondary N) is 1. The van der Waals surface area contributed by atoms with Gasteiger partial charge < -0.3 is 10.4 Å². The molecule has 11 nitrogen and oxygen atoms in total. The van der Waals surface area contributed by atoms with Crippen LogP contribution in [0.15, 0.2) is 49.3 Å². The normalized spacial score (nSPS) is 12.1. The van der Waals surface area contributed by atoms with Gasteiger partial charge in [0.05, 0.1) is 47.3 Å². The number of hydrogen-bond acceptors (Lipinski definition) is 9. The van der Waals surface area contributed by atoms with Crippen LogP contribution in [0.25, 0.3) is 11.5 Å². The van der Waals surface area contributed by atoms with Crippen LogP contribution in [0.2, 0.25) is 0 Å². The third-order valence-electron chi connectivity index (χ3n) is 4.41. The zero-order valence-electron chi connectivity index (χ0n) is 16.3. The Morgan fingerprint density at radius 1 is 1.00 bits per heavy atom. The van der Waals surface area contributed by atoms with Gasteiger partial charge in [-0.25, -0.2) is 9.67 Å². The van der Waals surface area contributed by atoms with Crippen LogP contribution in [0.3, 0.4) is 0 Å². The molecule has 4 rings (SSSR count).